The van der Waals surface area contributed by atoms with Crippen LogP contribution in [-0.2, 0) is 0 Å². The predicted octanol–water partition coefficient (Wildman–Crippen LogP) is 3.71. The van der Waals surface area contributed by atoms with Gasteiger partial charge in [0.05, 0.1) is 6.61 Å². The van der Waals surface area contributed by atoms with E-state index in [9.17, 15) is 0 Å². The number of halogens is 1. The van der Waals surface area contributed by atoms with Crippen molar-refractivity contribution in [1.82, 2.24) is 4.90 Å². The SMILES string of the molecule is CCOc1ccccc1OCCN1CCCCC1CBr. The third-order valence-electron chi connectivity index (χ3n) is 3.71. The number of benzene rings is 1. The van der Waals surface area contributed by atoms with E-state index in [0.717, 1.165) is 23.4 Å². The highest BCUT2D eigenvalue weighted by atomic mass is 79.9. The smallest absolute Gasteiger partial charge is 0.161 e. The van der Waals surface area contributed by atoms with Gasteiger partial charge in [0.1, 0.15) is 6.61 Å². The first kappa shape index (κ1) is 15.6. The van der Waals surface area contributed by atoms with E-state index in [2.05, 4.69) is 20.8 Å². The Labute approximate surface area is 130 Å². The fourth-order valence-electron chi connectivity index (χ4n) is 2.65. The Morgan fingerprint density at radius 3 is 2.65 bits per heavy atom. The van der Waals surface area contributed by atoms with Gasteiger partial charge in [-0.15, -0.1) is 0 Å². The first-order valence-corrected chi connectivity index (χ1v) is 8.62. The number of alkyl halides is 1. The van der Waals surface area contributed by atoms with Gasteiger partial charge in [-0.25, -0.2) is 0 Å². The van der Waals surface area contributed by atoms with Crippen LogP contribution in [0.5, 0.6) is 11.5 Å². The average Bonchev–Trinajstić information content (AvgIpc) is 2.50. The number of hydrogen-bond acceptors (Lipinski definition) is 3. The number of rotatable bonds is 7. The van der Waals surface area contributed by atoms with Crippen molar-refractivity contribution in [1.29, 1.82) is 0 Å². The topological polar surface area (TPSA) is 21.7 Å². The molecule has 0 saturated carbocycles. The van der Waals surface area contributed by atoms with Crippen LogP contribution in [-0.4, -0.2) is 42.6 Å². The van der Waals surface area contributed by atoms with Gasteiger partial charge in [0.15, 0.2) is 11.5 Å². The minimum Gasteiger partial charge on any atom is -0.490 e. The molecule has 1 saturated heterocycles. The van der Waals surface area contributed by atoms with Crippen LogP contribution in [0.15, 0.2) is 24.3 Å². The lowest BCUT2D eigenvalue weighted by Gasteiger charge is -2.34. The summed E-state index contributed by atoms with van der Waals surface area (Å²) in [6.07, 6.45) is 3.95. The van der Waals surface area contributed by atoms with E-state index in [-0.39, 0.29) is 0 Å². The Morgan fingerprint density at radius 2 is 1.95 bits per heavy atom. The number of ether oxygens (including phenoxy) is 2. The second kappa shape index (κ2) is 8.53. The molecule has 1 aromatic rings. The van der Waals surface area contributed by atoms with Gasteiger partial charge >= 0.3 is 0 Å². The first-order valence-electron chi connectivity index (χ1n) is 7.49. The fourth-order valence-corrected chi connectivity index (χ4v) is 3.38. The Bertz CT molecular complexity index is 400. The molecule has 1 heterocycles. The molecule has 0 bridgehead atoms. The molecular weight excluding hydrogens is 318 g/mol. The van der Waals surface area contributed by atoms with Gasteiger partial charge in [0.2, 0.25) is 0 Å². The molecule has 0 spiro atoms. The van der Waals surface area contributed by atoms with Gasteiger partial charge in [-0.05, 0) is 38.4 Å². The maximum atomic E-state index is 5.90. The van der Waals surface area contributed by atoms with Crippen molar-refractivity contribution in [3.05, 3.63) is 24.3 Å². The van der Waals surface area contributed by atoms with Crippen LogP contribution in [0, 0.1) is 0 Å². The molecule has 1 unspecified atom stereocenters. The maximum Gasteiger partial charge on any atom is 0.161 e. The molecule has 0 N–H and O–H groups in total. The van der Waals surface area contributed by atoms with E-state index in [1.807, 2.05) is 31.2 Å². The number of para-hydroxylation sites is 2. The molecular formula is C16H24BrNO2. The van der Waals surface area contributed by atoms with Crippen LogP contribution in [0.3, 0.4) is 0 Å². The lowest BCUT2D eigenvalue weighted by molar-refractivity contribution is 0.135. The molecule has 0 radical (unpaired) electrons. The summed E-state index contributed by atoms with van der Waals surface area (Å²) in [7, 11) is 0. The summed E-state index contributed by atoms with van der Waals surface area (Å²) in [5, 5.41) is 1.06. The van der Waals surface area contributed by atoms with E-state index in [1.165, 1.54) is 25.8 Å². The zero-order valence-corrected chi connectivity index (χ0v) is 13.8. The number of hydrogen-bond donors (Lipinski definition) is 0. The van der Waals surface area contributed by atoms with Gasteiger partial charge < -0.3 is 9.47 Å². The molecule has 1 atom stereocenters. The van der Waals surface area contributed by atoms with Crippen LogP contribution in [0.4, 0.5) is 0 Å². The van der Waals surface area contributed by atoms with Gasteiger partial charge in [-0.1, -0.05) is 34.5 Å². The summed E-state index contributed by atoms with van der Waals surface area (Å²) < 4.78 is 11.5. The monoisotopic (exact) mass is 341 g/mol. The van der Waals surface area contributed by atoms with E-state index >= 15 is 0 Å². The Kier molecular flexibility index (Phi) is 6.67. The molecule has 112 valence electrons. The van der Waals surface area contributed by atoms with Crippen LogP contribution in [0.25, 0.3) is 0 Å². The standard InChI is InChI=1S/C16H24BrNO2/c1-2-19-15-8-3-4-9-16(15)20-12-11-18-10-6-5-7-14(18)13-17/h3-4,8-9,14H,2,5-7,10-13H2,1H3. The zero-order valence-electron chi connectivity index (χ0n) is 12.2. The largest absolute Gasteiger partial charge is 0.490 e. The average molecular weight is 342 g/mol. The number of likely N-dealkylation sites (tertiary alicyclic amines) is 1. The normalized spacial score (nSPS) is 19.8. The summed E-state index contributed by atoms with van der Waals surface area (Å²) in [4.78, 5) is 2.53. The lowest BCUT2D eigenvalue weighted by Crippen LogP contribution is -2.42. The predicted molar refractivity (Wildman–Crippen MR) is 86.1 cm³/mol. The highest BCUT2D eigenvalue weighted by Gasteiger charge is 2.20. The zero-order chi connectivity index (χ0) is 14.2. The molecule has 1 aliphatic rings. The van der Waals surface area contributed by atoms with Gasteiger partial charge in [-0.3, -0.25) is 4.90 Å². The van der Waals surface area contributed by atoms with E-state index in [0.29, 0.717) is 19.3 Å². The van der Waals surface area contributed by atoms with Crippen molar-refractivity contribution in [2.75, 3.05) is 31.6 Å². The Morgan fingerprint density at radius 1 is 1.20 bits per heavy atom. The summed E-state index contributed by atoms with van der Waals surface area (Å²) in [5.74, 6) is 1.69. The van der Waals surface area contributed by atoms with Gasteiger partial charge in [0.25, 0.3) is 0 Å². The van der Waals surface area contributed by atoms with Crippen molar-refractivity contribution < 1.29 is 9.47 Å². The van der Waals surface area contributed by atoms with Crippen molar-refractivity contribution in [3.8, 4) is 11.5 Å². The molecule has 2 rings (SSSR count). The Balaban J connectivity index is 1.83. The van der Waals surface area contributed by atoms with Gasteiger partial charge in [0, 0.05) is 17.9 Å². The summed E-state index contributed by atoms with van der Waals surface area (Å²) in [5.41, 5.74) is 0. The lowest BCUT2D eigenvalue weighted by atomic mass is 10.0. The summed E-state index contributed by atoms with van der Waals surface area (Å²) in [6, 6.07) is 8.56. The third-order valence-corrected chi connectivity index (χ3v) is 4.46. The molecule has 1 aromatic carbocycles. The minimum atomic E-state index is 0.662. The van der Waals surface area contributed by atoms with Crippen molar-refractivity contribution >= 4 is 15.9 Å². The van der Waals surface area contributed by atoms with Crippen molar-refractivity contribution in [2.45, 2.75) is 32.2 Å². The van der Waals surface area contributed by atoms with Crippen LogP contribution < -0.4 is 9.47 Å². The van der Waals surface area contributed by atoms with Crippen LogP contribution in [0.2, 0.25) is 0 Å². The second-order valence-electron chi connectivity index (χ2n) is 5.07. The maximum absolute atomic E-state index is 5.90. The second-order valence-corrected chi connectivity index (χ2v) is 5.72. The Hall–Kier alpha value is -0.740. The minimum absolute atomic E-state index is 0.662. The molecule has 0 amide bonds. The van der Waals surface area contributed by atoms with Crippen molar-refractivity contribution in [3.63, 3.8) is 0 Å². The summed E-state index contributed by atoms with van der Waals surface area (Å²) >= 11 is 3.62. The molecule has 0 aromatic heterocycles. The number of piperidine rings is 1. The van der Waals surface area contributed by atoms with Crippen LogP contribution in [0.1, 0.15) is 26.2 Å². The van der Waals surface area contributed by atoms with E-state index < -0.39 is 0 Å². The highest BCUT2D eigenvalue weighted by molar-refractivity contribution is 9.09. The molecule has 1 fully saturated rings. The highest BCUT2D eigenvalue weighted by Crippen LogP contribution is 2.26. The molecule has 20 heavy (non-hydrogen) atoms. The van der Waals surface area contributed by atoms with Gasteiger partial charge in [-0.2, -0.15) is 0 Å². The van der Waals surface area contributed by atoms with E-state index in [4.69, 9.17) is 9.47 Å². The van der Waals surface area contributed by atoms with E-state index in [1.54, 1.807) is 0 Å². The first-order chi connectivity index (χ1) is 9.85. The quantitative estimate of drug-likeness (QED) is 0.705. The third kappa shape index (κ3) is 4.38. The molecule has 3 nitrogen and oxygen atoms in total. The van der Waals surface area contributed by atoms with Crippen molar-refractivity contribution in [2.24, 2.45) is 0 Å². The fraction of sp³-hybridized carbons (Fsp3) is 0.625. The van der Waals surface area contributed by atoms with Crippen LogP contribution >= 0.6 is 15.9 Å². The molecule has 4 heteroatoms. The molecule has 1 aliphatic heterocycles. The molecule has 0 aliphatic carbocycles. The summed E-state index contributed by atoms with van der Waals surface area (Å²) in [6.45, 7) is 5.54. The number of nitrogens with zero attached hydrogens (tertiary/aromatic N) is 1.